The van der Waals surface area contributed by atoms with E-state index in [2.05, 4.69) is 5.10 Å². The molecule has 0 amide bonds. The monoisotopic (exact) mass is 312 g/mol. The van der Waals surface area contributed by atoms with Gasteiger partial charge in [0.2, 0.25) is 0 Å². The van der Waals surface area contributed by atoms with E-state index in [9.17, 15) is 19.7 Å². The van der Waals surface area contributed by atoms with Crippen LogP contribution >= 0.6 is 0 Å². The fourth-order valence-corrected chi connectivity index (χ4v) is 2.27. The third-order valence-corrected chi connectivity index (χ3v) is 3.52. The maximum Gasteiger partial charge on any atom is 0.278 e. The zero-order valence-corrected chi connectivity index (χ0v) is 12.2. The van der Waals surface area contributed by atoms with Gasteiger partial charge >= 0.3 is 0 Å². The Morgan fingerprint density at radius 1 is 1.26 bits per heavy atom. The molecular weight excluding hydrogens is 300 g/mol. The molecule has 2 aromatic heterocycles. The van der Waals surface area contributed by atoms with E-state index in [4.69, 9.17) is 0 Å². The summed E-state index contributed by atoms with van der Waals surface area (Å²) in [6.07, 6.45) is 3.01. The summed E-state index contributed by atoms with van der Waals surface area (Å²) in [5, 5.41) is 15.1. The Morgan fingerprint density at radius 2 is 1.96 bits per heavy atom. The molecular formula is C15H12N4O4. The van der Waals surface area contributed by atoms with Crippen molar-refractivity contribution >= 4 is 22.5 Å². The van der Waals surface area contributed by atoms with E-state index in [-0.39, 0.29) is 16.8 Å². The van der Waals surface area contributed by atoms with Crippen LogP contribution in [0.3, 0.4) is 0 Å². The molecule has 23 heavy (non-hydrogen) atoms. The van der Waals surface area contributed by atoms with Crippen molar-refractivity contribution in [1.29, 1.82) is 0 Å². The molecule has 0 bridgehead atoms. The lowest BCUT2D eigenvalue weighted by Gasteiger charge is -1.99. The molecule has 2 heterocycles. The van der Waals surface area contributed by atoms with Gasteiger partial charge in [-0.15, -0.1) is 0 Å². The van der Waals surface area contributed by atoms with Crippen LogP contribution < -0.4 is 5.56 Å². The van der Waals surface area contributed by atoms with Crippen molar-refractivity contribution in [2.45, 2.75) is 13.5 Å². The predicted octanol–water partition coefficient (Wildman–Crippen LogP) is 1.81. The molecule has 8 nitrogen and oxygen atoms in total. The van der Waals surface area contributed by atoms with Crippen LogP contribution in [-0.4, -0.2) is 25.2 Å². The molecule has 3 aromatic rings. The highest BCUT2D eigenvalue weighted by Gasteiger charge is 2.14. The number of hydrogen-bond donors (Lipinski definition) is 0. The number of aromatic nitrogens is 3. The number of rotatable bonds is 3. The third kappa shape index (κ3) is 2.50. The molecule has 0 N–H and O–H groups in total. The lowest BCUT2D eigenvalue weighted by molar-refractivity contribution is -0.384. The van der Waals surface area contributed by atoms with Crippen molar-refractivity contribution in [2.24, 2.45) is 0 Å². The minimum Gasteiger partial charge on any atom is -0.315 e. The molecule has 0 fully saturated rings. The molecule has 3 rings (SSSR count). The minimum atomic E-state index is -0.538. The van der Waals surface area contributed by atoms with E-state index in [1.54, 1.807) is 12.3 Å². The van der Waals surface area contributed by atoms with Crippen LogP contribution in [0.4, 0.5) is 5.69 Å². The van der Waals surface area contributed by atoms with Crippen molar-refractivity contribution in [3.63, 3.8) is 0 Å². The van der Waals surface area contributed by atoms with Crippen LogP contribution in [0, 0.1) is 10.1 Å². The Bertz CT molecular complexity index is 969. The standard InChI is InChI=1S/C15H12N4O4/c1-2-17-8-7-13-12(15(17)21)9-18(16-13)14(20)10-3-5-11(6-4-10)19(22)23/h3-9H,2H2,1H3. The Hall–Kier alpha value is -3.29. The fourth-order valence-electron chi connectivity index (χ4n) is 2.27. The zero-order chi connectivity index (χ0) is 16.6. The highest BCUT2D eigenvalue weighted by atomic mass is 16.6. The summed E-state index contributed by atoms with van der Waals surface area (Å²) in [6, 6.07) is 6.88. The molecule has 0 aliphatic heterocycles. The normalized spacial score (nSPS) is 10.8. The average molecular weight is 312 g/mol. The molecule has 0 aliphatic rings. The summed E-state index contributed by atoms with van der Waals surface area (Å²) >= 11 is 0. The number of carbonyl (C=O) groups is 1. The van der Waals surface area contributed by atoms with Crippen molar-refractivity contribution in [3.05, 3.63) is 68.8 Å². The van der Waals surface area contributed by atoms with Crippen LogP contribution in [0.5, 0.6) is 0 Å². The number of nitro groups is 1. The zero-order valence-electron chi connectivity index (χ0n) is 12.2. The number of fused-ring (bicyclic) bond motifs is 1. The number of hydrogen-bond acceptors (Lipinski definition) is 5. The maximum absolute atomic E-state index is 12.4. The number of carbonyl (C=O) groups excluding carboxylic acids is 1. The Balaban J connectivity index is 2.02. The molecule has 0 atom stereocenters. The van der Waals surface area contributed by atoms with Crippen LogP contribution in [0.25, 0.3) is 10.9 Å². The summed E-state index contributed by atoms with van der Waals surface area (Å²) < 4.78 is 2.60. The number of nitrogens with zero attached hydrogens (tertiary/aromatic N) is 4. The summed E-state index contributed by atoms with van der Waals surface area (Å²) in [5.41, 5.74) is 0.361. The Kier molecular flexibility index (Phi) is 3.49. The average Bonchev–Trinajstić information content (AvgIpc) is 3.00. The second kappa shape index (κ2) is 5.48. The lowest BCUT2D eigenvalue weighted by atomic mass is 10.2. The van der Waals surface area contributed by atoms with Crippen molar-refractivity contribution in [2.75, 3.05) is 0 Å². The summed E-state index contributed by atoms with van der Waals surface area (Å²) in [7, 11) is 0. The van der Waals surface area contributed by atoms with E-state index in [0.29, 0.717) is 17.4 Å². The van der Waals surface area contributed by atoms with Gasteiger partial charge in [-0.05, 0) is 25.1 Å². The fraction of sp³-hybridized carbons (Fsp3) is 0.133. The largest absolute Gasteiger partial charge is 0.315 e. The quantitative estimate of drug-likeness (QED) is 0.542. The van der Waals surface area contributed by atoms with Gasteiger partial charge in [0.05, 0.1) is 15.8 Å². The predicted molar refractivity (Wildman–Crippen MR) is 82.5 cm³/mol. The topological polar surface area (TPSA) is 100 Å². The van der Waals surface area contributed by atoms with Gasteiger partial charge in [-0.25, -0.2) is 4.68 Å². The highest BCUT2D eigenvalue weighted by molar-refractivity contribution is 5.97. The van der Waals surface area contributed by atoms with E-state index in [1.807, 2.05) is 6.92 Å². The molecule has 0 saturated heterocycles. The van der Waals surface area contributed by atoms with Crippen LogP contribution in [0.15, 0.2) is 47.5 Å². The van der Waals surface area contributed by atoms with Gasteiger partial charge in [0.1, 0.15) is 0 Å². The van der Waals surface area contributed by atoms with Crippen molar-refractivity contribution in [1.82, 2.24) is 14.3 Å². The molecule has 8 heteroatoms. The smallest absolute Gasteiger partial charge is 0.278 e. The van der Waals surface area contributed by atoms with Crippen LogP contribution in [-0.2, 0) is 6.54 Å². The van der Waals surface area contributed by atoms with E-state index < -0.39 is 10.8 Å². The number of aryl methyl sites for hydroxylation is 1. The lowest BCUT2D eigenvalue weighted by Crippen LogP contribution is -2.17. The number of pyridine rings is 1. The van der Waals surface area contributed by atoms with E-state index in [1.165, 1.54) is 35.0 Å². The van der Waals surface area contributed by atoms with E-state index in [0.717, 1.165) is 4.68 Å². The summed E-state index contributed by atoms with van der Waals surface area (Å²) in [4.78, 5) is 34.7. The summed E-state index contributed by atoms with van der Waals surface area (Å²) in [5.74, 6) is -0.460. The maximum atomic E-state index is 12.4. The van der Waals surface area contributed by atoms with Gasteiger partial charge in [-0.3, -0.25) is 19.7 Å². The van der Waals surface area contributed by atoms with E-state index >= 15 is 0 Å². The molecule has 0 unspecified atom stereocenters. The minimum absolute atomic E-state index is 0.0991. The third-order valence-electron chi connectivity index (χ3n) is 3.52. The van der Waals surface area contributed by atoms with Gasteiger partial charge in [-0.2, -0.15) is 5.10 Å². The summed E-state index contributed by atoms with van der Waals surface area (Å²) in [6.45, 7) is 2.37. The highest BCUT2D eigenvalue weighted by Crippen LogP contribution is 2.14. The first kappa shape index (κ1) is 14.6. The van der Waals surface area contributed by atoms with Crippen LogP contribution in [0.2, 0.25) is 0 Å². The first-order chi connectivity index (χ1) is 11.0. The molecule has 0 saturated carbocycles. The SMILES string of the molecule is CCn1ccc2nn(C(=O)c3ccc([N+](=O)[O-])cc3)cc2c1=O. The van der Waals surface area contributed by atoms with Gasteiger partial charge in [0.25, 0.3) is 17.2 Å². The Labute approximate surface area is 129 Å². The second-order valence-corrected chi connectivity index (χ2v) is 4.89. The number of nitro benzene ring substituents is 1. The molecule has 1 aromatic carbocycles. The van der Waals surface area contributed by atoms with Gasteiger partial charge in [0.15, 0.2) is 0 Å². The van der Waals surface area contributed by atoms with Gasteiger partial charge in [0, 0.05) is 36.6 Å². The Morgan fingerprint density at radius 3 is 2.57 bits per heavy atom. The second-order valence-electron chi connectivity index (χ2n) is 4.89. The number of benzene rings is 1. The first-order valence-electron chi connectivity index (χ1n) is 6.89. The molecule has 0 radical (unpaired) electrons. The van der Waals surface area contributed by atoms with Crippen molar-refractivity contribution < 1.29 is 9.72 Å². The molecule has 116 valence electrons. The molecule has 0 spiro atoms. The molecule has 0 aliphatic carbocycles. The van der Waals surface area contributed by atoms with Gasteiger partial charge < -0.3 is 4.57 Å². The van der Waals surface area contributed by atoms with Gasteiger partial charge in [-0.1, -0.05) is 0 Å². The first-order valence-corrected chi connectivity index (χ1v) is 6.89. The van der Waals surface area contributed by atoms with Crippen molar-refractivity contribution in [3.8, 4) is 0 Å². The number of non-ortho nitro benzene ring substituents is 1. The van der Waals surface area contributed by atoms with Crippen LogP contribution in [0.1, 0.15) is 17.3 Å².